The van der Waals surface area contributed by atoms with Gasteiger partial charge < -0.3 is 30.1 Å². The summed E-state index contributed by atoms with van der Waals surface area (Å²) in [5.74, 6) is -1.41. The molecule has 3 saturated heterocycles. The zero-order chi connectivity index (χ0) is 29.7. The summed E-state index contributed by atoms with van der Waals surface area (Å²) in [6, 6.07) is 16.1. The standard InChI is InChI=1S/C33H43N3O6/c1-3-32-18-19-33(42-32)27(26(32)29(38)35-24-14-16-25(17-15-24)41-4-2)31(40)36(20-10-5-6-11-21-37)28(33)30(39)34-22-23-12-8-7-9-13-23/h7-9,12-17,26-28,37H,3-6,10-11,18-22H2,1-2H3,(H,34,39)(H,35,38)/t26-,27-,28?,32+,33?/m0/s1. The third kappa shape index (κ3) is 5.52. The number of hydrogen-bond acceptors (Lipinski definition) is 6. The molecule has 0 radical (unpaired) electrons. The Morgan fingerprint density at radius 2 is 1.74 bits per heavy atom. The summed E-state index contributed by atoms with van der Waals surface area (Å²) >= 11 is 0. The fourth-order valence-corrected chi connectivity index (χ4v) is 7.31. The van der Waals surface area contributed by atoms with Crippen molar-refractivity contribution in [2.45, 2.75) is 82.6 Å². The first-order valence-electron chi connectivity index (χ1n) is 15.4. The molecular formula is C33H43N3O6. The highest BCUT2D eigenvalue weighted by atomic mass is 16.5. The van der Waals surface area contributed by atoms with Gasteiger partial charge in [0.2, 0.25) is 17.7 Å². The lowest BCUT2D eigenvalue weighted by Gasteiger charge is -2.34. The molecule has 3 amide bonds. The van der Waals surface area contributed by atoms with Crippen molar-refractivity contribution >= 4 is 23.4 Å². The third-order valence-electron chi connectivity index (χ3n) is 9.26. The summed E-state index contributed by atoms with van der Waals surface area (Å²) in [4.78, 5) is 43.8. The van der Waals surface area contributed by atoms with E-state index in [-0.39, 0.29) is 24.3 Å². The topological polar surface area (TPSA) is 117 Å². The van der Waals surface area contributed by atoms with Crippen LogP contribution in [0.15, 0.2) is 54.6 Å². The molecule has 2 aromatic rings. The second-order valence-corrected chi connectivity index (χ2v) is 11.7. The van der Waals surface area contributed by atoms with Gasteiger partial charge >= 0.3 is 0 Å². The Morgan fingerprint density at radius 3 is 2.43 bits per heavy atom. The van der Waals surface area contributed by atoms with Crippen LogP contribution in [0.25, 0.3) is 0 Å². The molecule has 226 valence electrons. The number of aliphatic hydroxyl groups is 1. The number of ether oxygens (including phenoxy) is 2. The number of hydrogen-bond donors (Lipinski definition) is 3. The van der Waals surface area contributed by atoms with Crippen LogP contribution in [0.1, 0.15) is 64.4 Å². The number of nitrogens with zero attached hydrogens (tertiary/aromatic N) is 1. The number of unbranched alkanes of at least 4 members (excludes halogenated alkanes) is 3. The largest absolute Gasteiger partial charge is 0.494 e. The van der Waals surface area contributed by atoms with Crippen molar-refractivity contribution in [1.29, 1.82) is 0 Å². The lowest BCUT2D eigenvalue weighted by atomic mass is 9.65. The normalized spacial score (nSPS) is 27.6. The van der Waals surface area contributed by atoms with E-state index in [1.807, 2.05) is 44.2 Å². The number of aliphatic hydroxyl groups excluding tert-OH is 1. The van der Waals surface area contributed by atoms with Crippen molar-refractivity contribution in [2.24, 2.45) is 11.8 Å². The molecule has 5 rings (SSSR count). The molecule has 2 unspecified atom stereocenters. The van der Waals surface area contributed by atoms with Gasteiger partial charge in [-0.05, 0) is 68.9 Å². The van der Waals surface area contributed by atoms with Gasteiger partial charge in [0.25, 0.3) is 0 Å². The summed E-state index contributed by atoms with van der Waals surface area (Å²) in [6.07, 6.45) is 4.83. The molecule has 0 aromatic heterocycles. The average molecular weight is 578 g/mol. The van der Waals surface area contributed by atoms with Crippen molar-refractivity contribution < 1.29 is 29.0 Å². The smallest absolute Gasteiger partial charge is 0.246 e. The van der Waals surface area contributed by atoms with Crippen LogP contribution >= 0.6 is 0 Å². The molecule has 2 aromatic carbocycles. The molecule has 1 spiro atoms. The maximum absolute atomic E-state index is 14.3. The maximum Gasteiger partial charge on any atom is 0.246 e. The molecule has 9 nitrogen and oxygen atoms in total. The summed E-state index contributed by atoms with van der Waals surface area (Å²) in [7, 11) is 0. The highest BCUT2D eigenvalue weighted by molar-refractivity contribution is 6.02. The van der Waals surface area contributed by atoms with E-state index in [0.29, 0.717) is 63.2 Å². The highest BCUT2D eigenvalue weighted by Gasteiger charge is 2.78. The van der Waals surface area contributed by atoms with Crippen molar-refractivity contribution in [3.63, 3.8) is 0 Å². The van der Waals surface area contributed by atoms with E-state index < -0.39 is 29.1 Å². The number of rotatable bonds is 14. The molecular weight excluding hydrogens is 534 g/mol. The van der Waals surface area contributed by atoms with Crippen LogP contribution in [-0.4, -0.2) is 64.7 Å². The number of likely N-dealkylation sites (tertiary alicyclic amines) is 1. The second-order valence-electron chi connectivity index (χ2n) is 11.7. The van der Waals surface area contributed by atoms with E-state index in [1.54, 1.807) is 29.2 Å². The van der Waals surface area contributed by atoms with Crippen LogP contribution in [0, 0.1) is 11.8 Å². The average Bonchev–Trinajstić information content (AvgIpc) is 3.61. The summed E-state index contributed by atoms with van der Waals surface area (Å²) in [6.45, 7) is 5.34. The zero-order valence-electron chi connectivity index (χ0n) is 24.6. The van der Waals surface area contributed by atoms with Gasteiger partial charge in [0.15, 0.2) is 0 Å². The van der Waals surface area contributed by atoms with E-state index in [2.05, 4.69) is 10.6 Å². The minimum Gasteiger partial charge on any atom is -0.494 e. The lowest BCUT2D eigenvalue weighted by Crippen LogP contribution is -2.55. The van der Waals surface area contributed by atoms with Gasteiger partial charge in [-0.1, -0.05) is 50.1 Å². The number of carbonyl (C=O) groups excluding carboxylic acids is 3. The van der Waals surface area contributed by atoms with Gasteiger partial charge in [0.05, 0.1) is 24.0 Å². The SMILES string of the molecule is CCOc1ccc(NC(=O)[C@@H]2[C@H]3C(=O)N(CCCCCCO)C(C(=O)NCc4ccccc4)C34CC[C@@]2(CC)O4)cc1. The van der Waals surface area contributed by atoms with Gasteiger partial charge in [-0.2, -0.15) is 0 Å². The van der Waals surface area contributed by atoms with E-state index >= 15 is 0 Å². The molecule has 0 saturated carbocycles. The van der Waals surface area contributed by atoms with Crippen LogP contribution in [0.4, 0.5) is 5.69 Å². The molecule has 9 heteroatoms. The Bertz CT molecular complexity index is 1250. The fraction of sp³-hybridized carbons (Fsp3) is 0.545. The molecule has 3 heterocycles. The molecule has 3 N–H and O–H groups in total. The molecule has 3 fully saturated rings. The highest BCUT2D eigenvalue weighted by Crippen LogP contribution is 2.64. The molecule has 3 aliphatic heterocycles. The van der Waals surface area contributed by atoms with Crippen LogP contribution in [0.2, 0.25) is 0 Å². The number of anilines is 1. The Hall–Kier alpha value is -3.43. The second kappa shape index (κ2) is 12.8. The minimum absolute atomic E-state index is 0.135. The monoisotopic (exact) mass is 577 g/mol. The van der Waals surface area contributed by atoms with Crippen molar-refractivity contribution in [3.05, 3.63) is 60.2 Å². The van der Waals surface area contributed by atoms with E-state index in [9.17, 15) is 14.4 Å². The summed E-state index contributed by atoms with van der Waals surface area (Å²) < 4.78 is 12.4. The zero-order valence-corrected chi connectivity index (χ0v) is 24.6. The van der Waals surface area contributed by atoms with Crippen molar-refractivity contribution in [2.75, 3.05) is 25.1 Å². The number of nitrogens with one attached hydrogen (secondary N) is 2. The summed E-state index contributed by atoms with van der Waals surface area (Å²) in [5, 5.41) is 15.3. The number of amides is 3. The minimum atomic E-state index is -1.06. The van der Waals surface area contributed by atoms with E-state index in [1.165, 1.54) is 0 Å². The van der Waals surface area contributed by atoms with Crippen molar-refractivity contribution in [3.8, 4) is 5.75 Å². The number of carbonyl (C=O) groups is 3. The third-order valence-corrected chi connectivity index (χ3v) is 9.26. The van der Waals surface area contributed by atoms with E-state index in [0.717, 1.165) is 18.4 Å². The van der Waals surface area contributed by atoms with Gasteiger partial charge in [0.1, 0.15) is 17.4 Å². The van der Waals surface area contributed by atoms with E-state index in [4.69, 9.17) is 14.6 Å². The molecule has 0 aliphatic carbocycles. The van der Waals surface area contributed by atoms with Crippen molar-refractivity contribution in [1.82, 2.24) is 10.2 Å². The fourth-order valence-electron chi connectivity index (χ4n) is 7.31. The molecule has 42 heavy (non-hydrogen) atoms. The van der Waals surface area contributed by atoms with Gasteiger partial charge in [-0.3, -0.25) is 14.4 Å². The van der Waals surface area contributed by atoms with Gasteiger partial charge in [-0.15, -0.1) is 0 Å². The predicted molar refractivity (Wildman–Crippen MR) is 159 cm³/mol. The Balaban J connectivity index is 1.41. The molecule has 3 aliphatic rings. The lowest BCUT2D eigenvalue weighted by molar-refractivity contribution is -0.146. The first-order valence-corrected chi connectivity index (χ1v) is 15.4. The quantitative estimate of drug-likeness (QED) is 0.292. The molecule has 2 bridgehead atoms. The Labute approximate surface area is 248 Å². The van der Waals surface area contributed by atoms with Crippen LogP contribution in [-0.2, 0) is 25.7 Å². The number of fused-ring (bicyclic) bond motifs is 1. The first-order chi connectivity index (χ1) is 20.4. The van der Waals surface area contributed by atoms with Crippen LogP contribution in [0.5, 0.6) is 5.75 Å². The maximum atomic E-state index is 14.3. The van der Waals surface area contributed by atoms with Gasteiger partial charge in [-0.25, -0.2) is 0 Å². The molecule has 5 atom stereocenters. The van der Waals surface area contributed by atoms with Crippen LogP contribution in [0.3, 0.4) is 0 Å². The first kappa shape index (κ1) is 30.0. The predicted octanol–water partition coefficient (Wildman–Crippen LogP) is 4.05. The summed E-state index contributed by atoms with van der Waals surface area (Å²) in [5.41, 5.74) is -0.274. The number of benzene rings is 2. The Kier molecular flexibility index (Phi) is 9.18. The van der Waals surface area contributed by atoms with Gasteiger partial charge in [0, 0.05) is 25.4 Å². The van der Waals surface area contributed by atoms with Crippen LogP contribution < -0.4 is 15.4 Å². The Morgan fingerprint density at radius 1 is 1.00 bits per heavy atom.